The fourth-order valence-electron chi connectivity index (χ4n) is 1.91. The van der Waals surface area contributed by atoms with Crippen LogP contribution >= 0.6 is 0 Å². The van der Waals surface area contributed by atoms with Crippen molar-refractivity contribution in [1.29, 1.82) is 0 Å². The van der Waals surface area contributed by atoms with Gasteiger partial charge in [-0.05, 0) is 44.9 Å². The second-order valence-corrected chi connectivity index (χ2v) is 5.05. The summed E-state index contributed by atoms with van der Waals surface area (Å²) in [4.78, 5) is 11.9. The van der Waals surface area contributed by atoms with Crippen LogP contribution in [-0.4, -0.2) is 18.0 Å². The van der Waals surface area contributed by atoms with Crippen molar-refractivity contribution in [3.8, 4) is 0 Å². The molecule has 0 spiro atoms. The van der Waals surface area contributed by atoms with Crippen LogP contribution in [0.2, 0.25) is 0 Å². The molecule has 0 bridgehead atoms. The number of rotatable bonds is 6. The minimum Gasteiger partial charge on any atom is -0.372 e. The van der Waals surface area contributed by atoms with Gasteiger partial charge in [0.1, 0.15) is 11.9 Å². The monoisotopic (exact) mass is 266 g/mol. The predicted octanol–water partition coefficient (Wildman–Crippen LogP) is 3.24. The molecule has 0 radical (unpaired) electrons. The Balaban J connectivity index is 2.58. The standard InChI is InChI=1S/C15H23FN2O/c1-5-6-11(3)17-15(19)12(4)18-14-8-7-10(2)9-13(14)16/h7-9,11-12,18H,5-6H2,1-4H3,(H,17,19). The Bertz CT molecular complexity index is 434. The number of halogens is 1. The molecule has 1 aromatic carbocycles. The van der Waals surface area contributed by atoms with E-state index in [1.807, 2.05) is 19.9 Å². The van der Waals surface area contributed by atoms with Crippen LogP contribution in [-0.2, 0) is 4.79 Å². The van der Waals surface area contributed by atoms with Crippen LogP contribution < -0.4 is 10.6 Å². The van der Waals surface area contributed by atoms with E-state index in [1.165, 1.54) is 6.07 Å². The van der Waals surface area contributed by atoms with Gasteiger partial charge in [0.05, 0.1) is 5.69 Å². The lowest BCUT2D eigenvalue weighted by Gasteiger charge is -2.19. The number of anilines is 1. The van der Waals surface area contributed by atoms with Crippen molar-refractivity contribution >= 4 is 11.6 Å². The van der Waals surface area contributed by atoms with E-state index in [1.54, 1.807) is 13.0 Å². The fourth-order valence-corrected chi connectivity index (χ4v) is 1.91. The van der Waals surface area contributed by atoms with Crippen molar-refractivity contribution in [2.24, 2.45) is 0 Å². The van der Waals surface area contributed by atoms with Gasteiger partial charge in [-0.25, -0.2) is 4.39 Å². The second kappa shape index (κ2) is 7.12. The first-order valence-electron chi connectivity index (χ1n) is 6.77. The van der Waals surface area contributed by atoms with Crippen molar-refractivity contribution < 1.29 is 9.18 Å². The Labute approximate surface area is 114 Å². The van der Waals surface area contributed by atoms with E-state index in [-0.39, 0.29) is 17.8 Å². The molecule has 1 aromatic rings. The molecule has 1 rings (SSSR count). The van der Waals surface area contributed by atoms with Gasteiger partial charge in [0, 0.05) is 6.04 Å². The van der Waals surface area contributed by atoms with Crippen molar-refractivity contribution in [1.82, 2.24) is 5.32 Å². The van der Waals surface area contributed by atoms with Crippen molar-refractivity contribution in [3.63, 3.8) is 0 Å². The molecule has 0 saturated heterocycles. The van der Waals surface area contributed by atoms with Gasteiger partial charge < -0.3 is 10.6 Å². The van der Waals surface area contributed by atoms with E-state index < -0.39 is 6.04 Å². The Morgan fingerprint density at radius 3 is 2.63 bits per heavy atom. The van der Waals surface area contributed by atoms with Crippen molar-refractivity contribution in [2.75, 3.05) is 5.32 Å². The summed E-state index contributed by atoms with van der Waals surface area (Å²) in [6.07, 6.45) is 1.97. The molecule has 3 nitrogen and oxygen atoms in total. The molecule has 2 unspecified atom stereocenters. The second-order valence-electron chi connectivity index (χ2n) is 5.05. The summed E-state index contributed by atoms with van der Waals surface area (Å²) in [5.74, 6) is -0.442. The molecule has 2 atom stereocenters. The van der Waals surface area contributed by atoms with Crippen LogP contribution in [0.4, 0.5) is 10.1 Å². The summed E-state index contributed by atoms with van der Waals surface area (Å²) in [5, 5.41) is 5.81. The summed E-state index contributed by atoms with van der Waals surface area (Å²) in [5.41, 5.74) is 1.22. The molecule has 0 aromatic heterocycles. The average molecular weight is 266 g/mol. The largest absolute Gasteiger partial charge is 0.372 e. The minimum atomic E-state index is -0.462. The Morgan fingerprint density at radius 2 is 2.05 bits per heavy atom. The van der Waals surface area contributed by atoms with Crippen molar-refractivity contribution in [2.45, 2.75) is 52.6 Å². The molecule has 2 N–H and O–H groups in total. The first-order chi connectivity index (χ1) is 8.93. The van der Waals surface area contributed by atoms with Gasteiger partial charge in [0.25, 0.3) is 0 Å². The summed E-state index contributed by atoms with van der Waals surface area (Å²) in [6, 6.07) is 4.60. The number of benzene rings is 1. The maximum absolute atomic E-state index is 13.7. The number of amides is 1. The zero-order chi connectivity index (χ0) is 14.4. The van der Waals surface area contributed by atoms with Crippen molar-refractivity contribution in [3.05, 3.63) is 29.6 Å². The highest BCUT2D eigenvalue weighted by atomic mass is 19.1. The van der Waals surface area contributed by atoms with Gasteiger partial charge in [-0.3, -0.25) is 4.79 Å². The highest BCUT2D eigenvalue weighted by Gasteiger charge is 2.16. The van der Waals surface area contributed by atoms with Crippen LogP contribution in [0, 0.1) is 12.7 Å². The third kappa shape index (κ3) is 4.89. The maximum atomic E-state index is 13.7. The van der Waals surface area contributed by atoms with Crippen LogP contribution in [0.3, 0.4) is 0 Å². The first-order valence-corrected chi connectivity index (χ1v) is 6.77. The Kier molecular flexibility index (Phi) is 5.80. The number of carbonyl (C=O) groups excluding carboxylic acids is 1. The first kappa shape index (κ1) is 15.5. The van der Waals surface area contributed by atoms with Gasteiger partial charge in [0.15, 0.2) is 0 Å². The number of carbonyl (C=O) groups is 1. The molecule has 1 amide bonds. The topological polar surface area (TPSA) is 41.1 Å². The van der Waals surface area contributed by atoms with Crippen LogP contribution in [0.25, 0.3) is 0 Å². The zero-order valence-electron chi connectivity index (χ0n) is 12.1. The lowest BCUT2D eigenvalue weighted by atomic mass is 10.1. The molecule has 0 fully saturated rings. The molecule has 106 valence electrons. The summed E-state index contributed by atoms with van der Waals surface area (Å²) >= 11 is 0. The van der Waals surface area contributed by atoms with Gasteiger partial charge >= 0.3 is 0 Å². The SMILES string of the molecule is CCCC(C)NC(=O)C(C)Nc1ccc(C)cc1F. The smallest absolute Gasteiger partial charge is 0.242 e. The minimum absolute atomic E-state index is 0.110. The zero-order valence-corrected chi connectivity index (χ0v) is 12.1. The normalized spacial score (nSPS) is 13.7. The molecule has 0 aliphatic heterocycles. The van der Waals surface area contributed by atoms with E-state index in [0.717, 1.165) is 18.4 Å². The van der Waals surface area contributed by atoms with E-state index in [0.29, 0.717) is 5.69 Å². The van der Waals surface area contributed by atoms with Gasteiger partial charge in [0.2, 0.25) is 5.91 Å². The Hall–Kier alpha value is -1.58. The lowest BCUT2D eigenvalue weighted by Crippen LogP contribution is -2.42. The van der Waals surface area contributed by atoms with E-state index in [4.69, 9.17) is 0 Å². The number of nitrogens with one attached hydrogen (secondary N) is 2. The number of hydrogen-bond acceptors (Lipinski definition) is 2. The predicted molar refractivity (Wildman–Crippen MR) is 76.7 cm³/mol. The van der Waals surface area contributed by atoms with Crippen LogP contribution in [0.5, 0.6) is 0 Å². The highest BCUT2D eigenvalue weighted by molar-refractivity contribution is 5.84. The molecule has 0 saturated carbocycles. The molecule has 0 aliphatic rings. The molecule has 0 heterocycles. The fraction of sp³-hybridized carbons (Fsp3) is 0.533. The number of aryl methyl sites for hydroxylation is 1. The molecule has 0 aliphatic carbocycles. The highest BCUT2D eigenvalue weighted by Crippen LogP contribution is 2.16. The van der Waals surface area contributed by atoms with E-state index >= 15 is 0 Å². The van der Waals surface area contributed by atoms with Crippen LogP contribution in [0.1, 0.15) is 39.2 Å². The van der Waals surface area contributed by atoms with Gasteiger partial charge in [-0.1, -0.05) is 19.4 Å². The average Bonchev–Trinajstić information content (AvgIpc) is 2.32. The molecule has 19 heavy (non-hydrogen) atoms. The van der Waals surface area contributed by atoms with E-state index in [9.17, 15) is 9.18 Å². The Morgan fingerprint density at radius 1 is 1.37 bits per heavy atom. The van der Waals surface area contributed by atoms with Gasteiger partial charge in [-0.2, -0.15) is 0 Å². The quantitative estimate of drug-likeness (QED) is 0.830. The van der Waals surface area contributed by atoms with Gasteiger partial charge in [-0.15, -0.1) is 0 Å². The van der Waals surface area contributed by atoms with Crippen LogP contribution in [0.15, 0.2) is 18.2 Å². The lowest BCUT2D eigenvalue weighted by molar-refractivity contribution is -0.122. The third-order valence-electron chi connectivity index (χ3n) is 3.00. The molecule has 4 heteroatoms. The maximum Gasteiger partial charge on any atom is 0.242 e. The molecular weight excluding hydrogens is 243 g/mol. The third-order valence-corrected chi connectivity index (χ3v) is 3.00. The summed E-state index contributed by atoms with van der Waals surface area (Å²) in [7, 11) is 0. The summed E-state index contributed by atoms with van der Waals surface area (Å²) < 4.78 is 13.7. The molecular formula is C15H23FN2O. The van der Waals surface area contributed by atoms with E-state index in [2.05, 4.69) is 17.6 Å². The number of hydrogen-bond donors (Lipinski definition) is 2. The summed E-state index contributed by atoms with van der Waals surface area (Å²) in [6.45, 7) is 7.61.